The Balaban J connectivity index is 2.31. The number of nitrogens with zero attached hydrogens (tertiary/aromatic N) is 1. The summed E-state index contributed by atoms with van der Waals surface area (Å²) in [4.78, 5) is 37.5. The topological polar surface area (TPSA) is 124 Å². The summed E-state index contributed by atoms with van der Waals surface area (Å²) in [5, 5.41) is 0. The number of likely N-dealkylation sites (N-methyl/N-ethyl adjacent to an activating group) is 1. The summed E-state index contributed by atoms with van der Waals surface area (Å²) in [7, 11) is 1.13. The molecule has 0 bridgehead atoms. The molecule has 0 saturated carbocycles. The predicted molar refractivity (Wildman–Crippen MR) is 221 cm³/mol. The first-order valence-electron chi connectivity index (χ1n) is 21.8. The molecule has 0 spiro atoms. The number of hydrogen-bond donors (Lipinski definition) is 0. The monoisotopic (exact) mass is 798 g/mol. The molecule has 1 heterocycles. The second kappa shape index (κ2) is 33.2. The van der Waals surface area contributed by atoms with Crippen molar-refractivity contribution < 1.29 is 46.8 Å². The van der Waals surface area contributed by atoms with Crippen LogP contribution >= 0.6 is 7.82 Å². The van der Waals surface area contributed by atoms with E-state index in [1.54, 1.807) is 0 Å². The standard InChI is InChI=1S/C44H80NO9P/c1-6-8-10-11-12-13-14-15-16-21-24-27-31-35-44(47)53-40(39-52-55(48,49)51-37-36-45(3,4)5)38-50-43(46)34-30-26-23-20-18-17-19-22-25-29-33-42-41(54-42)32-28-9-7-2/h17,19-20,23,25,29,40-42H,6-16,18,21-22,24,26-28,30-39H2,1-5H3/b19-17-,23-20-,29-25-/t40-,41?,42?/m1/s1. The Morgan fingerprint density at radius 1 is 0.673 bits per heavy atom. The average molecular weight is 798 g/mol. The van der Waals surface area contributed by atoms with Crippen LogP contribution in [0.1, 0.15) is 168 Å². The average Bonchev–Trinajstić information content (AvgIpc) is 3.89. The molecular weight excluding hydrogens is 717 g/mol. The normalized spacial score (nSPS) is 17.6. The van der Waals surface area contributed by atoms with Gasteiger partial charge in [-0.3, -0.25) is 14.2 Å². The number of hydrogen-bond acceptors (Lipinski definition) is 9. The van der Waals surface area contributed by atoms with E-state index in [-0.39, 0.29) is 26.1 Å². The first-order valence-corrected chi connectivity index (χ1v) is 23.3. The first-order chi connectivity index (χ1) is 26.5. The number of carbonyl (C=O) groups excluding carboxylic acids is 2. The zero-order valence-electron chi connectivity index (χ0n) is 35.6. The quantitative estimate of drug-likeness (QED) is 0.0150. The second-order valence-electron chi connectivity index (χ2n) is 16.1. The lowest BCUT2D eigenvalue weighted by molar-refractivity contribution is -0.870. The summed E-state index contributed by atoms with van der Waals surface area (Å²) in [5.74, 6) is -0.903. The number of carbonyl (C=O) groups is 2. The first kappa shape index (κ1) is 51.2. The molecule has 3 unspecified atom stereocenters. The van der Waals surface area contributed by atoms with Crippen molar-refractivity contribution in [1.82, 2.24) is 0 Å². The van der Waals surface area contributed by atoms with Gasteiger partial charge in [-0.15, -0.1) is 0 Å². The van der Waals surface area contributed by atoms with Gasteiger partial charge in [-0.1, -0.05) is 147 Å². The van der Waals surface area contributed by atoms with Crippen LogP contribution < -0.4 is 4.89 Å². The van der Waals surface area contributed by atoms with Crippen LogP contribution in [-0.2, 0) is 37.4 Å². The van der Waals surface area contributed by atoms with Crippen molar-refractivity contribution in [1.29, 1.82) is 0 Å². The van der Waals surface area contributed by atoms with Crippen molar-refractivity contribution in [3.63, 3.8) is 0 Å². The molecule has 1 fully saturated rings. The fourth-order valence-electron chi connectivity index (χ4n) is 6.03. The van der Waals surface area contributed by atoms with Gasteiger partial charge in [-0.05, 0) is 44.9 Å². The zero-order chi connectivity index (χ0) is 40.5. The maximum absolute atomic E-state index is 12.6. The molecule has 55 heavy (non-hydrogen) atoms. The van der Waals surface area contributed by atoms with Gasteiger partial charge < -0.3 is 32.6 Å². The number of phosphoric acid groups is 1. The third kappa shape index (κ3) is 34.0. The number of quaternary nitrogens is 1. The van der Waals surface area contributed by atoms with Gasteiger partial charge in [0.05, 0.1) is 40.0 Å². The van der Waals surface area contributed by atoms with Crippen LogP contribution in [0.25, 0.3) is 0 Å². The molecule has 0 radical (unpaired) electrons. The summed E-state index contributed by atoms with van der Waals surface area (Å²) in [6.07, 6.45) is 37.8. The van der Waals surface area contributed by atoms with Crippen LogP contribution in [0, 0.1) is 0 Å². The Morgan fingerprint density at radius 2 is 1.22 bits per heavy atom. The largest absolute Gasteiger partial charge is 0.756 e. The summed E-state index contributed by atoms with van der Waals surface area (Å²) in [6.45, 7) is 4.12. The van der Waals surface area contributed by atoms with Crippen molar-refractivity contribution >= 4 is 19.8 Å². The van der Waals surface area contributed by atoms with E-state index in [9.17, 15) is 19.0 Å². The number of epoxide rings is 1. The van der Waals surface area contributed by atoms with E-state index < -0.39 is 32.5 Å². The van der Waals surface area contributed by atoms with Gasteiger partial charge in [0.2, 0.25) is 0 Å². The van der Waals surface area contributed by atoms with Gasteiger partial charge in [-0.25, -0.2) is 0 Å². The molecule has 0 aliphatic carbocycles. The highest BCUT2D eigenvalue weighted by Crippen LogP contribution is 2.38. The molecule has 0 aromatic rings. The molecule has 4 atom stereocenters. The highest BCUT2D eigenvalue weighted by atomic mass is 31.2. The number of phosphoric ester groups is 1. The number of esters is 2. The summed E-state index contributed by atoms with van der Waals surface area (Å²) in [5.41, 5.74) is 0. The van der Waals surface area contributed by atoms with E-state index in [0.717, 1.165) is 44.9 Å². The van der Waals surface area contributed by atoms with E-state index in [4.69, 9.17) is 23.3 Å². The minimum atomic E-state index is -4.64. The number of ether oxygens (including phenoxy) is 3. The lowest BCUT2D eigenvalue weighted by Crippen LogP contribution is -2.37. The van der Waals surface area contributed by atoms with E-state index in [1.807, 2.05) is 21.1 Å². The second-order valence-corrected chi connectivity index (χ2v) is 17.5. The molecule has 10 nitrogen and oxygen atoms in total. The molecule has 1 aliphatic rings. The zero-order valence-corrected chi connectivity index (χ0v) is 36.5. The third-order valence-corrected chi connectivity index (χ3v) is 10.6. The summed E-state index contributed by atoms with van der Waals surface area (Å²) < 4.78 is 39.5. The van der Waals surface area contributed by atoms with Gasteiger partial charge >= 0.3 is 11.9 Å². The van der Waals surface area contributed by atoms with Crippen LogP contribution in [0.4, 0.5) is 0 Å². The maximum Gasteiger partial charge on any atom is 0.306 e. The van der Waals surface area contributed by atoms with Crippen LogP contribution in [0.3, 0.4) is 0 Å². The predicted octanol–water partition coefficient (Wildman–Crippen LogP) is 10.5. The molecule has 1 saturated heterocycles. The van der Waals surface area contributed by atoms with Crippen molar-refractivity contribution in [2.45, 2.75) is 186 Å². The molecule has 320 valence electrons. The van der Waals surface area contributed by atoms with Crippen molar-refractivity contribution in [2.75, 3.05) is 47.5 Å². The lowest BCUT2D eigenvalue weighted by Gasteiger charge is -2.28. The van der Waals surface area contributed by atoms with E-state index in [2.05, 4.69) is 50.3 Å². The Labute approximate surface area is 336 Å². The van der Waals surface area contributed by atoms with Crippen LogP contribution in [-0.4, -0.2) is 82.2 Å². The Hall–Kier alpha value is -1.81. The van der Waals surface area contributed by atoms with Gasteiger partial charge in [0.25, 0.3) is 7.82 Å². The van der Waals surface area contributed by atoms with Gasteiger partial charge in [0, 0.05) is 12.8 Å². The Kier molecular flexibility index (Phi) is 30.9. The van der Waals surface area contributed by atoms with Gasteiger partial charge in [-0.2, -0.15) is 0 Å². The molecule has 0 amide bonds. The summed E-state index contributed by atoms with van der Waals surface area (Å²) in [6, 6.07) is 0. The minimum absolute atomic E-state index is 0.0406. The SMILES string of the molecule is CCCCCCCCCCCCCCCC(=O)O[C@H](COC(=O)CCC/C=C\C/C=C\C/C=C\CC1OC1CCCCC)COP(=O)([O-])OCC[N+](C)(C)C. The van der Waals surface area contributed by atoms with Crippen LogP contribution in [0.5, 0.6) is 0 Å². The highest BCUT2D eigenvalue weighted by molar-refractivity contribution is 7.45. The lowest BCUT2D eigenvalue weighted by atomic mass is 10.0. The van der Waals surface area contributed by atoms with E-state index >= 15 is 0 Å². The van der Waals surface area contributed by atoms with Gasteiger partial charge in [0.1, 0.15) is 19.8 Å². The molecule has 11 heteroatoms. The number of unbranched alkanes of at least 4 members (excludes halogenated alkanes) is 15. The molecule has 0 N–H and O–H groups in total. The van der Waals surface area contributed by atoms with Gasteiger partial charge in [0.15, 0.2) is 6.10 Å². The summed E-state index contributed by atoms with van der Waals surface area (Å²) >= 11 is 0. The van der Waals surface area contributed by atoms with Crippen LogP contribution in [0.15, 0.2) is 36.5 Å². The molecule has 0 aromatic heterocycles. The van der Waals surface area contributed by atoms with E-state index in [1.165, 1.54) is 83.5 Å². The highest BCUT2D eigenvalue weighted by Gasteiger charge is 2.36. The maximum atomic E-state index is 12.6. The molecular formula is C44H80NO9P. The molecule has 1 rings (SSSR count). The number of allylic oxidation sites excluding steroid dienone is 5. The third-order valence-electron chi connectivity index (χ3n) is 9.59. The molecule has 1 aliphatic heterocycles. The Bertz CT molecular complexity index is 1100. The fraction of sp³-hybridized carbons (Fsp3) is 0.818. The van der Waals surface area contributed by atoms with Crippen molar-refractivity contribution in [2.24, 2.45) is 0 Å². The van der Waals surface area contributed by atoms with E-state index in [0.29, 0.717) is 36.1 Å². The fourth-order valence-corrected chi connectivity index (χ4v) is 6.76. The smallest absolute Gasteiger partial charge is 0.306 e. The minimum Gasteiger partial charge on any atom is -0.756 e. The number of rotatable bonds is 38. The molecule has 0 aromatic carbocycles. The van der Waals surface area contributed by atoms with Crippen LogP contribution in [0.2, 0.25) is 0 Å². The Morgan fingerprint density at radius 3 is 1.84 bits per heavy atom. The van der Waals surface area contributed by atoms with Crippen molar-refractivity contribution in [3.8, 4) is 0 Å². The van der Waals surface area contributed by atoms with Crippen molar-refractivity contribution in [3.05, 3.63) is 36.5 Å².